The fourth-order valence-electron chi connectivity index (χ4n) is 8.06. The Kier molecular flexibility index (Phi) is 6.00. The third-order valence-electron chi connectivity index (χ3n) is 10.4. The number of rotatable bonds is 4. The highest BCUT2D eigenvalue weighted by atomic mass is 16.3. The fourth-order valence-corrected chi connectivity index (χ4v) is 8.06. The Morgan fingerprint density at radius 1 is 0.449 bits per heavy atom. The van der Waals surface area contributed by atoms with E-state index >= 15 is 0 Å². The molecule has 0 N–H and O–H groups in total. The van der Waals surface area contributed by atoms with Gasteiger partial charge in [0.25, 0.3) is 0 Å². The molecule has 230 valence electrons. The second-order valence-corrected chi connectivity index (χ2v) is 13.0. The smallest absolute Gasteiger partial charge is 0.161 e. The van der Waals surface area contributed by atoms with Crippen LogP contribution in [0.25, 0.3) is 77.7 Å². The van der Waals surface area contributed by atoms with Crippen molar-refractivity contribution in [3.05, 3.63) is 180 Å². The molecule has 3 heteroatoms. The Hall–Kier alpha value is -6.32. The van der Waals surface area contributed by atoms with Crippen molar-refractivity contribution in [2.45, 2.75) is 12.3 Å². The number of hydrogen-bond acceptors (Lipinski definition) is 3. The lowest BCUT2D eigenvalue weighted by molar-refractivity contribution is 0.671. The lowest BCUT2D eigenvalue weighted by atomic mass is 9.74. The number of para-hydroxylation sites is 3. The van der Waals surface area contributed by atoms with Gasteiger partial charge in [0.2, 0.25) is 0 Å². The molecule has 2 aromatic heterocycles. The highest BCUT2D eigenvalue weighted by molar-refractivity contribution is 6.14. The number of aromatic nitrogens is 2. The highest BCUT2D eigenvalue weighted by Crippen LogP contribution is 2.55. The fraction of sp³-hybridized carbons (Fsp3) is 0.0435. The SMILES string of the molecule is CC1(c2ccccc2)c2ccccc2-c2c(-c3nc(-c4cccc5c4oc4c(-c6ccccc6)cccc45)c4ccccc4n3)cccc21. The first-order valence-corrected chi connectivity index (χ1v) is 16.8. The standard InChI is InChI=1S/C46H30N2O/c1-46(30-17-6-3-7-18-30)38-26-10-8-19-34(38)41-36(24-14-27-39(41)46)45-47-40-28-11-9-20-35(40)42(48-45)37-25-13-23-33-32-22-12-21-31(43(32)49-44(33)37)29-15-4-2-5-16-29/h2-28H,1H3. The van der Waals surface area contributed by atoms with E-state index in [-0.39, 0.29) is 5.41 Å². The van der Waals surface area contributed by atoms with E-state index in [1.807, 2.05) is 12.1 Å². The maximum atomic E-state index is 6.85. The summed E-state index contributed by atoms with van der Waals surface area (Å²) in [4.78, 5) is 10.7. The third kappa shape index (κ3) is 4.03. The van der Waals surface area contributed by atoms with Crippen molar-refractivity contribution >= 4 is 32.8 Å². The van der Waals surface area contributed by atoms with Gasteiger partial charge < -0.3 is 4.42 Å². The van der Waals surface area contributed by atoms with Crippen LogP contribution < -0.4 is 0 Å². The van der Waals surface area contributed by atoms with Gasteiger partial charge >= 0.3 is 0 Å². The molecule has 10 rings (SSSR count). The Morgan fingerprint density at radius 3 is 1.84 bits per heavy atom. The molecular weight excluding hydrogens is 597 g/mol. The van der Waals surface area contributed by atoms with Gasteiger partial charge in [-0.3, -0.25) is 0 Å². The number of hydrogen-bond donors (Lipinski definition) is 0. The van der Waals surface area contributed by atoms with Crippen LogP contribution in [0.4, 0.5) is 0 Å². The zero-order valence-electron chi connectivity index (χ0n) is 26.9. The summed E-state index contributed by atoms with van der Waals surface area (Å²) in [5, 5.41) is 3.15. The van der Waals surface area contributed by atoms with Crippen LogP contribution in [0.3, 0.4) is 0 Å². The highest BCUT2D eigenvalue weighted by Gasteiger charge is 2.42. The Morgan fingerprint density at radius 2 is 1.02 bits per heavy atom. The van der Waals surface area contributed by atoms with Crippen LogP contribution in [0.5, 0.6) is 0 Å². The van der Waals surface area contributed by atoms with Crippen molar-refractivity contribution in [2.75, 3.05) is 0 Å². The van der Waals surface area contributed by atoms with Crippen molar-refractivity contribution < 1.29 is 4.42 Å². The van der Waals surface area contributed by atoms with E-state index < -0.39 is 0 Å². The molecule has 2 heterocycles. The van der Waals surface area contributed by atoms with E-state index in [2.05, 4.69) is 159 Å². The van der Waals surface area contributed by atoms with Crippen molar-refractivity contribution in [1.82, 2.24) is 9.97 Å². The maximum absolute atomic E-state index is 6.85. The van der Waals surface area contributed by atoms with Crippen LogP contribution in [-0.2, 0) is 5.41 Å². The molecule has 7 aromatic carbocycles. The second kappa shape index (κ2) is 10.6. The molecule has 1 aliphatic carbocycles. The van der Waals surface area contributed by atoms with E-state index in [4.69, 9.17) is 14.4 Å². The summed E-state index contributed by atoms with van der Waals surface area (Å²) in [6, 6.07) is 57.7. The molecule has 0 saturated heterocycles. The summed E-state index contributed by atoms with van der Waals surface area (Å²) in [6.45, 7) is 2.34. The molecule has 49 heavy (non-hydrogen) atoms. The van der Waals surface area contributed by atoms with Crippen molar-refractivity contribution in [2.24, 2.45) is 0 Å². The molecule has 0 saturated carbocycles. The molecule has 0 aliphatic heterocycles. The third-order valence-corrected chi connectivity index (χ3v) is 10.4. The average molecular weight is 627 g/mol. The second-order valence-electron chi connectivity index (χ2n) is 13.0. The summed E-state index contributed by atoms with van der Waals surface area (Å²) in [5.41, 5.74) is 13.6. The average Bonchev–Trinajstić information content (AvgIpc) is 3.69. The number of benzene rings is 7. The molecule has 0 spiro atoms. The Bertz CT molecular complexity index is 2730. The van der Waals surface area contributed by atoms with Gasteiger partial charge in [-0.25, -0.2) is 9.97 Å². The van der Waals surface area contributed by atoms with Gasteiger partial charge in [0, 0.05) is 38.3 Å². The minimum atomic E-state index is -0.306. The van der Waals surface area contributed by atoms with E-state index in [0.29, 0.717) is 5.82 Å². The summed E-state index contributed by atoms with van der Waals surface area (Å²) >= 11 is 0. The molecule has 1 aliphatic rings. The van der Waals surface area contributed by atoms with Crippen molar-refractivity contribution in [3.8, 4) is 44.9 Å². The summed E-state index contributed by atoms with van der Waals surface area (Å²) < 4.78 is 6.85. The topological polar surface area (TPSA) is 38.9 Å². The number of furan rings is 1. The van der Waals surface area contributed by atoms with E-state index in [9.17, 15) is 0 Å². The molecule has 3 nitrogen and oxygen atoms in total. The molecule has 9 aromatic rings. The lowest BCUT2D eigenvalue weighted by Gasteiger charge is -2.28. The molecule has 0 amide bonds. The van der Waals surface area contributed by atoms with E-state index in [1.165, 1.54) is 27.8 Å². The Balaban J connectivity index is 1.24. The van der Waals surface area contributed by atoms with Crippen LogP contribution >= 0.6 is 0 Å². The first-order chi connectivity index (χ1) is 24.2. The predicted octanol–water partition coefficient (Wildman–Crippen LogP) is 11.9. The van der Waals surface area contributed by atoms with Crippen LogP contribution in [0.15, 0.2) is 168 Å². The van der Waals surface area contributed by atoms with Crippen molar-refractivity contribution in [1.29, 1.82) is 0 Å². The molecule has 0 fully saturated rings. The maximum Gasteiger partial charge on any atom is 0.161 e. The minimum Gasteiger partial charge on any atom is -0.455 e. The van der Waals surface area contributed by atoms with Gasteiger partial charge in [-0.1, -0.05) is 152 Å². The van der Waals surface area contributed by atoms with E-state index in [1.54, 1.807) is 0 Å². The zero-order valence-corrected chi connectivity index (χ0v) is 26.9. The molecule has 0 bridgehead atoms. The van der Waals surface area contributed by atoms with E-state index in [0.717, 1.165) is 60.8 Å². The van der Waals surface area contributed by atoms with Crippen LogP contribution in [0, 0.1) is 0 Å². The van der Waals surface area contributed by atoms with Crippen molar-refractivity contribution in [3.63, 3.8) is 0 Å². The quantitative estimate of drug-likeness (QED) is 0.195. The monoisotopic (exact) mass is 626 g/mol. The van der Waals surface area contributed by atoms with Gasteiger partial charge in [0.05, 0.1) is 11.2 Å². The molecule has 0 radical (unpaired) electrons. The summed E-state index contributed by atoms with van der Waals surface area (Å²) in [5.74, 6) is 0.704. The molecule has 1 unspecified atom stereocenters. The van der Waals surface area contributed by atoms with Gasteiger partial charge in [-0.2, -0.15) is 0 Å². The minimum absolute atomic E-state index is 0.306. The van der Waals surface area contributed by atoms with Gasteiger partial charge in [0.1, 0.15) is 11.2 Å². The van der Waals surface area contributed by atoms with Gasteiger partial charge in [0.15, 0.2) is 5.82 Å². The van der Waals surface area contributed by atoms with Gasteiger partial charge in [-0.05, 0) is 52.4 Å². The van der Waals surface area contributed by atoms with Crippen LogP contribution in [0.1, 0.15) is 23.6 Å². The first-order valence-electron chi connectivity index (χ1n) is 16.8. The molecular formula is C46H30N2O. The number of fused-ring (bicyclic) bond motifs is 7. The first kappa shape index (κ1) is 27.8. The molecule has 1 atom stereocenters. The summed E-state index contributed by atoms with van der Waals surface area (Å²) in [6.07, 6.45) is 0. The largest absolute Gasteiger partial charge is 0.455 e. The van der Waals surface area contributed by atoms with Crippen LogP contribution in [0.2, 0.25) is 0 Å². The predicted molar refractivity (Wildman–Crippen MR) is 201 cm³/mol. The summed E-state index contributed by atoms with van der Waals surface area (Å²) in [7, 11) is 0. The lowest BCUT2D eigenvalue weighted by Crippen LogP contribution is -2.22. The van der Waals surface area contributed by atoms with Crippen LogP contribution in [-0.4, -0.2) is 9.97 Å². The normalized spacial score (nSPS) is 15.1. The zero-order chi connectivity index (χ0) is 32.5. The Labute approximate surface area is 284 Å². The van der Waals surface area contributed by atoms with Gasteiger partial charge in [-0.15, -0.1) is 0 Å². The number of nitrogens with zero attached hydrogens (tertiary/aromatic N) is 2.